The van der Waals surface area contributed by atoms with Gasteiger partial charge >= 0.3 is 0 Å². The number of aliphatic hydroxyl groups is 1. The maximum absolute atomic E-state index is 8.66. The zero-order valence-electron chi connectivity index (χ0n) is 10.3. The second kappa shape index (κ2) is 9.38. The molecule has 0 aromatic carbocycles. The topological polar surface area (TPSA) is 75.9 Å². The molecule has 2 N–H and O–H groups in total. The average Bonchev–Trinajstić information content (AvgIpc) is 2.77. The van der Waals surface area contributed by atoms with E-state index in [1.807, 2.05) is 4.68 Å². The number of hydrogen-bond acceptors (Lipinski definition) is 6. The maximum atomic E-state index is 8.66. The van der Waals surface area contributed by atoms with Crippen molar-refractivity contribution in [3.8, 4) is 0 Å². The lowest BCUT2D eigenvalue weighted by Gasteiger charge is -2.04. The predicted molar refractivity (Wildman–Crippen MR) is 68.0 cm³/mol. The van der Waals surface area contributed by atoms with Gasteiger partial charge in [-0.1, -0.05) is 25.1 Å². The van der Waals surface area contributed by atoms with Crippen LogP contribution >= 0.6 is 11.8 Å². The quantitative estimate of drug-likeness (QED) is 0.472. The Morgan fingerprint density at radius 3 is 3.00 bits per heavy atom. The van der Waals surface area contributed by atoms with Crippen molar-refractivity contribution in [1.82, 2.24) is 25.5 Å². The van der Waals surface area contributed by atoms with Gasteiger partial charge in [-0.25, -0.2) is 4.68 Å². The summed E-state index contributed by atoms with van der Waals surface area (Å²) in [5.41, 5.74) is 0. The number of unbranched alkanes of at least 4 members (excludes halogenated alkanes) is 2. The van der Waals surface area contributed by atoms with Crippen molar-refractivity contribution in [2.45, 2.75) is 37.9 Å². The predicted octanol–water partition coefficient (Wildman–Crippen LogP) is 0.537. The van der Waals surface area contributed by atoms with Crippen LogP contribution in [0.3, 0.4) is 0 Å². The summed E-state index contributed by atoms with van der Waals surface area (Å²) in [7, 11) is 0. The molecule has 7 heteroatoms. The van der Waals surface area contributed by atoms with Gasteiger partial charge in [-0.2, -0.15) is 0 Å². The fraction of sp³-hybridized carbons (Fsp3) is 0.900. The van der Waals surface area contributed by atoms with Gasteiger partial charge < -0.3 is 10.4 Å². The molecule has 0 aliphatic carbocycles. The third-order valence-corrected chi connectivity index (χ3v) is 3.33. The summed E-state index contributed by atoms with van der Waals surface area (Å²) in [4.78, 5) is 0. The minimum absolute atomic E-state index is 0.283. The van der Waals surface area contributed by atoms with E-state index in [1.54, 1.807) is 11.8 Å². The van der Waals surface area contributed by atoms with Gasteiger partial charge in [0, 0.05) is 18.9 Å². The Balaban J connectivity index is 2.20. The number of aliphatic hydroxyl groups excluding tert-OH is 1. The molecule has 6 nitrogen and oxygen atoms in total. The van der Waals surface area contributed by atoms with Crippen LogP contribution in [0.15, 0.2) is 5.16 Å². The summed E-state index contributed by atoms with van der Waals surface area (Å²) >= 11 is 1.68. The first-order valence-corrected chi connectivity index (χ1v) is 7.07. The normalized spacial score (nSPS) is 10.9. The summed E-state index contributed by atoms with van der Waals surface area (Å²) < 4.78 is 1.83. The van der Waals surface area contributed by atoms with Crippen LogP contribution in [0, 0.1) is 0 Å². The molecule has 0 aliphatic rings. The monoisotopic (exact) mass is 259 g/mol. The van der Waals surface area contributed by atoms with E-state index < -0.39 is 0 Å². The molecule has 0 amide bonds. The van der Waals surface area contributed by atoms with Gasteiger partial charge in [-0.3, -0.25) is 0 Å². The lowest BCUT2D eigenvalue weighted by Crippen LogP contribution is -2.20. The zero-order valence-corrected chi connectivity index (χ0v) is 11.1. The van der Waals surface area contributed by atoms with E-state index >= 15 is 0 Å². The van der Waals surface area contributed by atoms with Crippen molar-refractivity contribution < 1.29 is 5.11 Å². The van der Waals surface area contributed by atoms with E-state index in [0.717, 1.165) is 49.8 Å². The van der Waals surface area contributed by atoms with Gasteiger partial charge in [0.05, 0.1) is 6.54 Å². The second-order valence-electron chi connectivity index (χ2n) is 3.67. The van der Waals surface area contributed by atoms with Crippen LogP contribution in [-0.2, 0) is 6.54 Å². The van der Waals surface area contributed by atoms with Gasteiger partial charge in [0.1, 0.15) is 0 Å². The van der Waals surface area contributed by atoms with Gasteiger partial charge in [0.2, 0.25) is 5.16 Å². The lowest BCUT2D eigenvalue weighted by atomic mass is 10.3. The van der Waals surface area contributed by atoms with Gasteiger partial charge in [0.15, 0.2) is 0 Å². The molecule has 0 bridgehead atoms. The molecule has 1 aromatic heterocycles. The number of likely N-dealkylation sites (N-methyl/N-ethyl adjacent to an activating group) is 1. The van der Waals surface area contributed by atoms with E-state index in [2.05, 4.69) is 27.8 Å². The minimum atomic E-state index is 0.283. The summed E-state index contributed by atoms with van der Waals surface area (Å²) in [6.45, 7) is 5.02. The highest BCUT2D eigenvalue weighted by molar-refractivity contribution is 7.99. The number of hydrogen-bond donors (Lipinski definition) is 2. The number of nitrogens with zero attached hydrogens (tertiary/aromatic N) is 4. The van der Waals surface area contributed by atoms with E-state index in [0.29, 0.717) is 0 Å². The van der Waals surface area contributed by atoms with E-state index in [9.17, 15) is 0 Å². The first-order valence-electron chi connectivity index (χ1n) is 6.09. The molecular weight excluding hydrogens is 238 g/mol. The first kappa shape index (κ1) is 14.4. The first-order chi connectivity index (χ1) is 8.38. The standard InChI is InChI=1S/C10H21N5OS/c1-2-11-6-7-15-10(12-13-14-15)17-9-5-3-4-8-16/h11,16H,2-9H2,1H3. The Bertz CT molecular complexity index is 294. The fourth-order valence-corrected chi connectivity index (χ4v) is 2.26. The summed E-state index contributed by atoms with van der Waals surface area (Å²) in [6.07, 6.45) is 3.03. The largest absolute Gasteiger partial charge is 0.396 e. The SMILES string of the molecule is CCNCCn1nnnc1SCCCCCO. The van der Waals surface area contributed by atoms with Crippen molar-refractivity contribution in [2.24, 2.45) is 0 Å². The highest BCUT2D eigenvalue weighted by atomic mass is 32.2. The molecule has 0 saturated carbocycles. The zero-order chi connectivity index (χ0) is 12.3. The van der Waals surface area contributed by atoms with Gasteiger partial charge in [-0.05, 0) is 29.8 Å². The number of thioether (sulfide) groups is 1. The van der Waals surface area contributed by atoms with Crippen molar-refractivity contribution in [3.05, 3.63) is 0 Å². The third kappa shape index (κ3) is 5.99. The summed E-state index contributed by atoms with van der Waals surface area (Å²) in [5.74, 6) is 1.00. The van der Waals surface area contributed by atoms with Crippen molar-refractivity contribution in [3.63, 3.8) is 0 Å². The van der Waals surface area contributed by atoms with Crippen LogP contribution in [0.2, 0.25) is 0 Å². The smallest absolute Gasteiger partial charge is 0.209 e. The molecule has 0 fully saturated rings. The Morgan fingerprint density at radius 1 is 1.35 bits per heavy atom. The molecule has 0 atom stereocenters. The molecule has 1 heterocycles. The number of nitrogens with one attached hydrogen (secondary N) is 1. The highest BCUT2D eigenvalue weighted by Crippen LogP contribution is 2.15. The molecule has 1 rings (SSSR count). The van der Waals surface area contributed by atoms with Crippen molar-refractivity contribution in [1.29, 1.82) is 0 Å². The van der Waals surface area contributed by atoms with Crippen LogP contribution in [0.4, 0.5) is 0 Å². The van der Waals surface area contributed by atoms with Crippen LogP contribution < -0.4 is 5.32 Å². The molecular formula is C10H21N5OS. The van der Waals surface area contributed by atoms with Crippen LogP contribution in [0.5, 0.6) is 0 Å². The summed E-state index contributed by atoms with van der Waals surface area (Å²) in [6, 6.07) is 0. The van der Waals surface area contributed by atoms with Crippen LogP contribution in [-0.4, -0.2) is 50.8 Å². The average molecular weight is 259 g/mol. The minimum Gasteiger partial charge on any atom is -0.396 e. The van der Waals surface area contributed by atoms with Crippen molar-refractivity contribution in [2.75, 3.05) is 25.4 Å². The molecule has 1 aromatic rings. The Morgan fingerprint density at radius 2 is 2.24 bits per heavy atom. The molecule has 0 unspecified atom stereocenters. The molecule has 17 heavy (non-hydrogen) atoms. The fourth-order valence-electron chi connectivity index (χ4n) is 1.36. The molecule has 0 saturated heterocycles. The molecule has 0 aliphatic heterocycles. The Kier molecular flexibility index (Phi) is 7.94. The lowest BCUT2D eigenvalue weighted by molar-refractivity contribution is 0.284. The highest BCUT2D eigenvalue weighted by Gasteiger charge is 2.05. The number of tetrazole rings is 1. The van der Waals surface area contributed by atoms with Gasteiger partial charge in [-0.15, -0.1) is 5.10 Å². The Hall–Kier alpha value is -0.660. The molecule has 0 radical (unpaired) electrons. The van der Waals surface area contributed by atoms with Crippen molar-refractivity contribution >= 4 is 11.8 Å². The second-order valence-corrected chi connectivity index (χ2v) is 4.73. The molecule has 98 valence electrons. The summed E-state index contributed by atoms with van der Waals surface area (Å²) in [5, 5.41) is 24.4. The van der Waals surface area contributed by atoms with Crippen LogP contribution in [0.25, 0.3) is 0 Å². The van der Waals surface area contributed by atoms with Crippen LogP contribution in [0.1, 0.15) is 26.2 Å². The number of aromatic nitrogens is 4. The third-order valence-electron chi connectivity index (χ3n) is 2.28. The Labute approximate surface area is 106 Å². The maximum Gasteiger partial charge on any atom is 0.209 e. The van der Waals surface area contributed by atoms with Gasteiger partial charge in [0.25, 0.3) is 0 Å². The van der Waals surface area contributed by atoms with E-state index in [1.165, 1.54) is 0 Å². The van der Waals surface area contributed by atoms with E-state index in [4.69, 9.17) is 5.11 Å². The molecule has 0 spiro atoms. The van der Waals surface area contributed by atoms with E-state index in [-0.39, 0.29) is 6.61 Å². The number of rotatable bonds is 10.